The van der Waals surface area contributed by atoms with Gasteiger partial charge in [0.05, 0.1) is 5.02 Å². The van der Waals surface area contributed by atoms with Crippen molar-refractivity contribution in [2.75, 3.05) is 25.1 Å². The van der Waals surface area contributed by atoms with Crippen molar-refractivity contribution >= 4 is 45.3 Å². The summed E-state index contributed by atoms with van der Waals surface area (Å²) in [7, 11) is -3.83. The van der Waals surface area contributed by atoms with Crippen LogP contribution in [0.15, 0.2) is 23.1 Å². The maximum absolute atomic E-state index is 13.0. The molecule has 0 radical (unpaired) electrons. The van der Waals surface area contributed by atoms with E-state index in [1.165, 1.54) is 34.3 Å². The Kier molecular flexibility index (Phi) is 8.60. The van der Waals surface area contributed by atoms with Crippen molar-refractivity contribution in [3.8, 4) is 0 Å². The van der Waals surface area contributed by atoms with Gasteiger partial charge in [0.15, 0.2) is 0 Å². The Morgan fingerprint density at radius 3 is 2.46 bits per heavy atom. The lowest BCUT2D eigenvalue weighted by molar-refractivity contribution is -0.139. The molecule has 28 heavy (non-hydrogen) atoms. The summed E-state index contributed by atoms with van der Waals surface area (Å²) >= 11 is 7.61. The molecule has 2 rings (SSSR count). The minimum atomic E-state index is -3.83. The van der Waals surface area contributed by atoms with E-state index in [0.717, 1.165) is 25.7 Å². The summed E-state index contributed by atoms with van der Waals surface area (Å²) in [6.07, 6.45) is 5.65. The molecule has 0 aliphatic carbocycles. The van der Waals surface area contributed by atoms with Gasteiger partial charge in [-0.15, -0.1) is 0 Å². The second-order valence-corrected chi connectivity index (χ2v) is 9.91. The fourth-order valence-corrected chi connectivity index (χ4v) is 5.49. The molecular formula is C18H25ClN2O5S2. The van der Waals surface area contributed by atoms with Crippen molar-refractivity contribution in [3.05, 3.63) is 28.8 Å². The molecule has 1 aliphatic rings. The third kappa shape index (κ3) is 5.85. The van der Waals surface area contributed by atoms with E-state index in [1.807, 2.05) is 6.26 Å². The highest BCUT2D eigenvalue weighted by Gasteiger charge is 2.29. The third-order valence-electron chi connectivity index (χ3n) is 4.59. The molecular weight excluding hydrogens is 424 g/mol. The molecule has 156 valence electrons. The molecule has 7 nitrogen and oxygen atoms in total. The first-order valence-corrected chi connectivity index (χ1v) is 12.3. The van der Waals surface area contributed by atoms with E-state index in [4.69, 9.17) is 11.6 Å². The minimum absolute atomic E-state index is 0.0398. The molecule has 10 heteroatoms. The van der Waals surface area contributed by atoms with Crippen LogP contribution in [-0.2, 0) is 14.8 Å². The molecule has 0 saturated carbocycles. The number of nitrogens with zero attached hydrogens (tertiary/aromatic N) is 1. The van der Waals surface area contributed by atoms with E-state index in [0.29, 0.717) is 18.8 Å². The van der Waals surface area contributed by atoms with Crippen molar-refractivity contribution in [2.24, 2.45) is 0 Å². The van der Waals surface area contributed by atoms with Gasteiger partial charge in [0.2, 0.25) is 10.0 Å². The number of nitrogens with one attached hydrogen (secondary N) is 1. The van der Waals surface area contributed by atoms with Crippen LogP contribution in [0, 0.1) is 0 Å². The van der Waals surface area contributed by atoms with Crippen molar-refractivity contribution in [1.82, 2.24) is 9.62 Å². The number of aliphatic carboxylic acids is 1. The van der Waals surface area contributed by atoms with Gasteiger partial charge in [-0.05, 0) is 49.5 Å². The van der Waals surface area contributed by atoms with Crippen LogP contribution in [-0.4, -0.2) is 60.8 Å². The van der Waals surface area contributed by atoms with Crippen LogP contribution < -0.4 is 5.32 Å². The fraction of sp³-hybridized carbons (Fsp3) is 0.556. The normalized spacial score (nSPS) is 16.9. The number of sulfonamides is 1. The average molecular weight is 449 g/mol. The average Bonchev–Trinajstić information content (AvgIpc) is 2.95. The maximum atomic E-state index is 13.0. The number of carboxylic acids is 1. The lowest BCUT2D eigenvalue weighted by Crippen LogP contribution is -2.41. The number of halogens is 1. The molecule has 2 N–H and O–H groups in total. The second kappa shape index (κ2) is 10.5. The quantitative estimate of drug-likeness (QED) is 0.633. The summed E-state index contributed by atoms with van der Waals surface area (Å²) in [5.74, 6) is -1.20. The van der Waals surface area contributed by atoms with E-state index in [1.54, 1.807) is 0 Å². The topological polar surface area (TPSA) is 104 Å². The Bertz CT molecular complexity index is 808. The second-order valence-electron chi connectivity index (χ2n) is 6.61. The van der Waals surface area contributed by atoms with Gasteiger partial charge in [0, 0.05) is 18.7 Å². The highest BCUT2D eigenvalue weighted by molar-refractivity contribution is 7.98. The first-order chi connectivity index (χ1) is 13.3. The molecule has 1 unspecified atom stereocenters. The summed E-state index contributed by atoms with van der Waals surface area (Å²) in [5, 5.41) is 11.8. The first kappa shape index (κ1) is 23.0. The number of hydrogen-bond acceptors (Lipinski definition) is 5. The van der Waals surface area contributed by atoms with Gasteiger partial charge in [0.25, 0.3) is 5.91 Å². The van der Waals surface area contributed by atoms with Gasteiger partial charge >= 0.3 is 5.97 Å². The fourth-order valence-electron chi connectivity index (χ4n) is 3.00. The SMILES string of the molecule is CSCCC(NC(=O)c1ccc(Cl)c(S(=O)(=O)N2CCCCCC2)c1)C(=O)O. The Morgan fingerprint density at radius 1 is 1.25 bits per heavy atom. The zero-order chi connectivity index (χ0) is 20.7. The third-order valence-corrected chi connectivity index (χ3v) is 7.61. The van der Waals surface area contributed by atoms with Gasteiger partial charge in [-0.1, -0.05) is 24.4 Å². The van der Waals surface area contributed by atoms with Crippen molar-refractivity contribution in [3.63, 3.8) is 0 Å². The molecule has 1 aromatic carbocycles. The summed E-state index contributed by atoms with van der Waals surface area (Å²) in [5.41, 5.74) is 0.0631. The number of benzene rings is 1. The standard InChI is InChI=1S/C18H25ClN2O5S2/c1-27-11-8-15(18(23)24)20-17(22)13-6-7-14(19)16(12-13)28(25,26)21-9-4-2-3-5-10-21/h6-7,12,15H,2-5,8-11H2,1H3,(H,20,22)(H,23,24). The number of rotatable bonds is 8. The van der Waals surface area contributed by atoms with Crippen LogP contribution in [0.3, 0.4) is 0 Å². The zero-order valence-corrected chi connectivity index (χ0v) is 18.1. The number of carboxylic acid groups (broad SMARTS) is 1. The molecule has 1 aliphatic heterocycles. The van der Waals surface area contributed by atoms with E-state index in [9.17, 15) is 23.1 Å². The predicted octanol–water partition coefficient (Wildman–Crippen LogP) is 2.84. The summed E-state index contributed by atoms with van der Waals surface area (Å²) < 4.78 is 27.4. The Morgan fingerprint density at radius 2 is 1.89 bits per heavy atom. The number of carbonyl (C=O) groups is 2. The lowest BCUT2D eigenvalue weighted by atomic mass is 10.1. The number of carbonyl (C=O) groups excluding carboxylic acids is 1. The molecule has 0 bridgehead atoms. The molecule has 1 atom stereocenters. The van der Waals surface area contributed by atoms with E-state index in [2.05, 4.69) is 5.32 Å². The highest BCUT2D eigenvalue weighted by Crippen LogP contribution is 2.27. The number of hydrogen-bond donors (Lipinski definition) is 2. The number of amides is 1. The molecule has 1 amide bonds. The monoisotopic (exact) mass is 448 g/mol. The van der Waals surface area contributed by atoms with Crippen molar-refractivity contribution in [2.45, 2.75) is 43.0 Å². The van der Waals surface area contributed by atoms with Gasteiger partial charge in [0.1, 0.15) is 10.9 Å². The molecule has 1 fully saturated rings. The van der Waals surface area contributed by atoms with Crippen molar-refractivity contribution in [1.29, 1.82) is 0 Å². The maximum Gasteiger partial charge on any atom is 0.326 e. The summed E-state index contributed by atoms with van der Waals surface area (Å²) in [4.78, 5) is 23.7. The van der Waals surface area contributed by atoms with E-state index in [-0.39, 0.29) is 21.9 Å². The Hall–Kier alpha value is -1.29. The molecule has 1 aromatic rings. The van der Waals surface area contributed by atoms with Crippen LogP contribution in [0.4, 0.5) is 0 Å². The molecule has 1 heterocycles. The minimum Gasteiger partial charge on any atom is -0.480 e. The van der Waals surface area contributed by atoms with Crippen molar-refractivity contribution < 1.29 is 23.1 Å². The Labute approximate surface area is 174 Å². The van der Waals surface area contributed by atoms with Gasteiger partial charge in [-0.25, -0.2) is 13.2 Å². The van der Waals surface area contributed by atoms with Crippen LogP contribution in [0.25, 0.3) is 0 Å². The van der Waals surface area contributed by atoms with Crippen LogP contribution >= 0.6 is 23.4 Å². The lowest BCUT2D eigenvalue weighted by Gasteiger charge is -2.21. The van der Waals surface area contributed by atoms with Gasteiger partial charge < -0.3 is 10.4 Å². The van der Waals surface area contributed by atoms with Gasteiger partial charge in [-0.2, -0.15) is 16.1 Å². The zero-order valence-electron chi connectivity index (χ0n) is 15.7. The summed E-state index contributed by atoms with van der Waals surface area (Å²) in [6.45, 7) is 0.843. The van der Waals surface area contributed by atoms with Crippen LogP contribution in [0.5, 0.6) is 0 Å². The predicted molar refractivity (Wildman–Crippen MR) is 111 cm³/mol. The molecule has 0 spiro atoms. The summed E-state index contributed by atoms with van der Waals surface area (Å²) in [6, 6.07) is 2.94. The van der Waals surface area contributed by atoms with E-state index >= 15 is 0 Å². The van der Waals surface area contributed by atoms with Gasteiger partial charge in [-0.3, -0.25) is 4.79 Å². The smallest absolute Gasteiger partial charge is 0.326 e. The first-order valence-electron chi connectivity index (χ1n) is 9.09. The van der Waals surface area contributed by atoms with Crippen LogP contribution in [0.1, 0.15) is 42.5 Å². The highest BCUT2D eigenvalue weighted by atomic mass is 35.5. The largest absolute Gasteiger partial charge is 0.480 e. The van der Waals surface area contributed by atoms with Crippen LogP contribution in [0.2, 0.25) is 5.02 Å². The Balaban J connectivity index is 2.26. The number of thioether (sulfide) groups is 1. The molecule has 0 aromatic heterocycles. The molecule has 1 saturated heterocycles. The van der Waals surface area contributed by atoms with E-state index < -0.39 is 27.9 Å².